The minimum absolute atomic E-state index is 0.00431. The molecule has 2 amide bonds. The van der Waals surface area contributed by atoms with Gasteiger partial charge in [-0.25, -0.2) is 0 Å². The summed E-state index contributed by atoms with van der Waals surface area (Å²) in [6, 6.07) is 14.9. The quantitative estimate of drug-likeness (QED) is 0.262. The molecule has 1 saturated heterocycles. The molecule has 5 rings (SSSR count). The lowest BCUT2D eigenvalue weighted by molar-refractivity contribution is -0.146. The Morgan fingerprint density at radius 1 is 1.21 bits per heavy atom. The number of aliphatic hydroxyl groups is 2. The number of aliphatic hydroxyl groups excluding tert-OH is 2. The smallest absolute Gasteiger partial charge is 0.264 e. The number of nitrogens with zero attached hydrogens (tertiary/aromatic N) is 4. The molecular weight excluding hydrogens is 554 g/mol. The number of rotatable bonds is 10. The number of fused-ring (bicyclic) bond motifs is 2. The fourth-order valence-corrected chi connectivity index (χ4v) is 9.17. The van der Waals surface area contributed by atoms with Gasteiger partial charge in [-0.1, -0.05) is 42.5 Å². The zero-order chi connectivity index (χ0) is 30.2. The van der Waals surface area contributed by atoms with E-state index in [0.717, 1.165) is 16.8 Å². The lowest BCUT2D eigenvalue weighted by Crippen LogP contribution is -2.46. The molecule has 0 radical (unpaired) electrons. The van der Waals surface area contributed by atoms with Crippen molar-refractivity contribution >= 4 is 31.5 Å². The number of anilines is 2. The average molecular weight is 594 g/mol. The van der Waals surface area contributed by atoms with Gasteiger partial charge >= 0.3 is 0 Å². The summed E-state index contributed by atoms with van der Waals surface area (Å²) in [5, 5.41) is 29.8. The van der Waals surface area contributed by atoms with Gasteiger partial charge in [-0.15, -0.1) is 5.10 Å². The van der Waals surface area contributed by atoms with Crippen LogP contribution in [0.15, 0.2) is 54.7 Å². The normalized spacial score (nSPS) is 24.3. The van der Waals surface area contributed by atoms with Crippen molar-refractivity contribution in [3.05, 3.63) is 71.5 Å². The van der Waals surface area contributed by atoms with Gasteiger partial charge in [0, 0.05) is 48.5 Å². The Kier molecular flexibility index (Phi) is 8.36. The average Bonchev–Trinajstić information content (AvgIpc) is 3.58. The molecule has 3 heterocycles. The third kappa shape index (κ3) is 5.52. The highest BCUT2D eigenvalue weighted by Gasteiger charge is 2.66. The molecule has 1 fully saturated rings. The van der Waals surface area contributed by atoms with Gasteiger partial charge in [0.15, 0.2) is 13.9 Å². The lowest BCUT2D eigenvalue weighted by Gasteiger charge is -2.32. The van der Waals surface area contributed by atoms with E-state index in [9.17, 15) is 24.6 Å². The SMILES string of the molecule is C[C@H](O)C(=O)Nc1cccc(CN2C(=O)[C@@]3(O[C@@H](CCn4cc(CCO)nn4)[C@H]([Si](C)(C)O)[C@H]3C)c3ccccc32)c1. The van der Waals surface area contributed by atoms with Crippen LogP contribution in [0, 0.1) is 5.92 Å². The van der Waals surface area contributed by atoms with Gasteiger partial charge in [-0.05, 0) is 50.2 Å². The molecule has 5 atom stereocenters. The summed E-state index contributed by atoms with van der Waals surface area (Å²) in [5.41, 5.74) is 2.12. The molecule has 2 aliphatic heterocycles. The first kappa shape index (κ1) is 30.0. The maximum absolute atomic E-state index is 14.5. The number of hydrogen-bond acceptors (Lipinski definition) is 8. The van der Waals surface area contributed by atoms with E-state index >= 15 is 0 Å². The van der Waals surface area contributed by atoms with Crippen molar-refractivity contribution in [2.75, 3.05) is 16.8 Å². The van der Waals surface area contributed by atoms with Gasteiger partial charge < -0.3 is 30.0 Å². The Morgan fingerprint density at radius 2 is 1.98 bits per heavy atom. The summed E-state index contributed by atoms with van der Waals surface area (Å²) in [7, 11) is -2.80. The molecule has 0 aliphatic carbocycles. The van der Waals surface area contributed by atoms with Gasteiger partial charge in [0.25, 0.3) is 11.8 Å². The summed E-state index contributed by atoms with van der Waals surface area (Å²) < 4.78 is 8.56. The highest BCUT2D eigenvalue weighted by Crippen LogP contribution is 2.59. The van der Waals surface area contributed by atoms with Gasteiger partial charge in [0.2, 0.25) is 0 Å². The Hall–Kier alpha value is -3.42. The zero-order valence-electron chi connectivity index (χ0n) is 24.4. The second-order valence-electron chi connectivity index (χ2n) is 11.9. The molecule has 2 aliphatic rings. The number of para-hydroxylation sites is 1. The summed E-state index contributed by atoms with van der Waals surface area (Å²) in [6.45, 7) is 7.96. The molecule has 4 N–H and O–H groups in total. The molecule has 0 bridgehead atoms. The predicted molar refractivity (Wildman–Crippen MR) is 159 cm³/mol. The van der Waals surface area contributed by atoms with Gasteiger partial charge in [0.05, 0.1) is 24.0 Å². The van der Waals surface area contributed by atoms with Crippen LogP contribution in [0.3, 0.4) is 0 Å². The Morgan fingerprint density at radius 3 is 2.69 bits per heavy atom. The summed E-state index contributed by atoms with van der Waals surface area (Å²) in [5.74, 6) is -0.971. The zero-order valence-corrected chi connectivity index (χ0v) is 25.4. The Labute approximate surface area is 246 Å². The number of aromatic nitrogens is 3. The van der Waals surface area contributed by atoms with Crippen LogP contribution in [-0.2, 0) is 39.4 Å². The van der Waals surface area contributed by atoms with E-state index in [1.807, 2.05) is 50.3 Å². The number of hydrogen-bond donors (Lipinski definition) is 4. The predicted octanol–water partition coefficient (Wildman–Crippen LogP) is 2.57. The number of aryl methyl sites for hydroxylation is 1. The molecule has 3 aromatic rings. The van der Waals surface area contributed by atoms with E-state index in [0.29, 0.717) is 30.8 Å². The van der Waals surface area contributed by atoms with Crippen LogP contribution in [-0.4, -0.2) is 68.9 Å². The van der Waals surface area contributed by atoms with Crippen molar-refractivity contribution in [1.29, 1.82) is 0 Å². The van der Waals surface area contributed by atoms with E-state index in [1.165, 1.54) is 6.92 Å². The minimum Gasteiger partial charge on any atom is -0.432 e. The van der Waals surface area contributed by atoms with Crippen molar-refractivity contribution in [3.8, 4) is 0 Å². The second kappa shape index (κ2) is 11.7. The van der Waals surface area contributed by atoms with Crippen molar-refractivity contribution in [2.24, 2.45) is 5.92 Å². The van der Waals surface area contributed by atoms with E-state index < -0.39 is 25.9 Å². The molecule has 42 heavy (non-hydrogen) atoms. The Bertz CT molecular complexity index is 1460. The first-order valence-electron chi connectivity index (χ1n) is 14.3. The molecule has 0 unspecified atom stereocenters. The number of carbonyl (C=O) groups is 2. The monoisotopic (exact) mass is 593 g/mol. The number of carbonyl (C=O) groups excluding carboxylic acids is 2. The first-order chi connectivity index (χ1) is 20.0. The van der Waals surface area contributed by atoms with Gasteiger partial charge in [-0.2, -0.15) is 0 Å². The molecule has 2 aromatic carbocycles. The Balaban J connectivity index is 1.44. The maximum atomic E-state index is 14.5. The lowest BCUT2D eigenvalue weighted by atomic mass is 9.82. The minimum atomic E-state index is -2.80. The van der Waals surface area contributed by atoms with Crippen LogP contribution in [0.2, 0.25) is 18.6 Å². The number of ether oxygens (including phenoxy) is 1. The van der Waals surface area contributed by atoms with E-state index in [4.69, 9.17) is 4.74 Å². The van der Waals surface area contributed by atoms with Crippen LogP contribution in [0.4, 0.5) is 11.4 Å². The van der Waals surface area contributed by atoms with E-state index in [2.05, 4.69) is 15.6 Å². The molecule has 1 aromatic heterocycles. The van der Waals surface area contributed by atoms with Crippen LogP contribution in [0.25, 0.3) is 0 Å². The van der Waals surface area contributed by atoms with Crippen LogP contribution in [0.1, 0.15) is 37.1 Å². The van der Waals surface area contributed by atoms with E-state index in [1.54, 1.807) is 34.0 Å². The largest absolute Gasteiger partial charge is 0.432 e. The van der Waals surface area contributed by atoms with Gasteiger partial charge in [0.1, 0.15) is 6.10 Å². The third-order valence-electron chi connectivity index (χ3n) is 8.40. The van der Waals surface area contributed by atoms with Crippen molar-refractivity contribution in [3.63, 3.8) is 0 Å². The van der Waals surface area contributed by atoms with Crippen LogP contribution < -0.4 is 10.2 Å². The molecule has 1 spiro atoms. The fourth-order valence-electron chi connectivity index (χ4n) is 6.57. The topological polar surface area (TPSA) is 150 Å². The third-order valence-corrected chi connectivity index (χ3v) is 10.9. The fraction of sp³-hybridized carbons (Fsp3) is 0.467. The highest BCUT2D eigenvalue weighted by atomic mass is 28.4. The van der Waals surface area contributed by atoms with Crippen molar-refractivity contribution in [1.82, 2.24) is 15.0 Å². The molecule has 11 nitrogen and oxygen atoms in total. The van der Waals surface area contributed by atoms with Crippen LogP contribution in [0.5, 0.6) is 0 Å². The summed E-state index contributed by atoms with van der Waals surface area (Å²) in [4.78, 5) is 39.7. The highest BCUT2D eigenvalue weighted by molar-refractivity contribution is 6.71. The number of amides is 2. The molecule has 12 heteroatoms. The first-order valence-corrected chi connectivity index (χ1v) is 17.4. The second-order valence-corrected chi connectivity index (χ2v) is 15.8. The maximum Gasteiger partial charge on any atom is 0.264 e. The van der Waals surface area contributed by atoms with Crippen molar-refractivity contribution in [2.45, 2.75) is 76.2 Å². The molecular formula is C30H39N5O6Si. The standard InChI is InChI=1S/C30H39N5O6Si/c1-19-27(42(3,4)40)26(12-14-34-18-23(13-15-36)32-33-34)41-30(19)24-10-5-6-11-25(24)35(29(30)39)17-21-8-7-9-22(16-21)31-28(38)20(2)37/h5-11,16,18-20,26-27,36-37,40H,12-15,17H2,1-4H3,(H,31,38)/t19-,20+,26+,27-,30+/m1/s1. The van der Waals surface area contributed by atoms with Gasteiger partial charge in [-0.3, -0.25) is 14.3 Å². The van der Waals surface area contributed by atoms with E-state index in [-0.39, 0.29) is 36.6 Å². The summed E-state index contributed by atoms with van der Waals surface area (Å²) in [6.07, 6.45) is 1.24. The number of nitrogens with one attached hydrogen (secondary N) is 1. The number of benzene rings is 2. The molecule has 224 valence electrons. The molecule has 0 saturated carbocycles. The van der Waals surface area contributed by atoms with Crippen molar-refractivity contribution < 1.29 is 29.3 Å². The van der Waals surface area contributed by atoms with Crippen LogP contribution >= 0.6 is 0 Å². The summed E-state index contributed by atoms with van der Waals surface area (Å²) >= 11 is 0.